The monoisotopic (exact) mass is 307 g/mol. The van der Waals surface area contributed by atoms with Crippen LogP contribution in [0.15, 0.2) is 42.5 Å². The molecule has 0 atom stereocenters. The zero-order chi connectivity index (χ0) is 14.5. The lowest BCUT2D eigenvalue weighted by molar-refractivity contribution is -0.116. The van der Waals surface area contributed by atoms with Gasteiger partial charge in [0.15, 0.2) is 0 Å². The number of amides is 1. The Morgan fingerprint density at radius 2 is 1.90 bits per heavy atom. The van der Waals surface area contributed by atoms with E-state index < -0.39 is 0 Å². The number of carbonyl (C=O) groups excluding carboxylic acids is 1. The van der Waals surface area contributed by atoms with Crippen LogP contribution in [-0.4, -0.2) is 5.91 Å². The Bertz CT molecular complexity index is 626. The van der Waals surface area contributed by atoms with Gasteiger partial charge in [-0.2, -0.15) is 0 Å². The fraction of sp³-hybridized carbons (Fsp3) is 0.188. The lowest BCUT2D eigenvalue weighted by atomic mass is 10.1. The number of anilines is 1. The average molecular weight is 308 g/mol. The van der Waals surface area contributed by atoms with E-state index in [-0.39, 0.29) is 5.91 Å². The Labute approximate surface area is 128 Å². The van der Waals surface area contributed by atoms with E-state index in [2.05, 4.69) is 5.32 Å². The molecule has 1 N–H and O–H groups in total. The summed E-state index contributed by atoms with van der Waals surface area (Å²) in [5.74, 6) is -0.0321. The maximum absolute atomic E-state index is 11.9. The van der Waals surface area contributed by atoms with Gasteiger partial charge in [-0.25, -0.2) is 0 Å². The number of benzene rings is 2. The van der Waals surface area contributed by atoms with Gasteiger partial charge in [-0.05, 0) is 48.7 Å². The van der Waals surface area contributed by atoms with Crippen LogP contribution in [0.2, 0.25) is 10.0 Å². The molecule has 2 aromatic rings. The molecule has 0 unspecified atom stereocenters. The normalized spacial score (nSPS) is 10.3. The molecule has 4 heteroatoms. The summed E-state index contributed by atoms with van der Waals surface area (Å²) in [4.78, 5) is 11.9. The summed E-state index contributed by atoms with van der Waals surface area (Å²) in [6.07, 6.45) is 1.07. The first-order valence-electron chi connectivity index (χ1n) is 6.35. The largest absolute Gasteiger partial charge is 0.326 e. The van der Waals surface area contributed by atoms with Gasteiger partial charge in [0.25, 0.3) is 0 Å². The molecule has 20 heavy (non-hydrogen) atoms. The summed E-state index contributed by atoms with van der Waals surface area (Å²) in [5, 5.41) is 4.22. The van der Waals surface area contributed by atoms with Crippen LogP contribution in [0.3, 0.4) is 0 Å². The highest BCUT2D eigenvalue weighted by atomic mass is 35.5. The summed E-state index contributed by atoms with van der Waals surface area (Å²) in [5.41, 5.74) is 2.69. The Hall–Kier alpha value is -1.51. The number of hydrogen-bond acceptors (Lipinski definition) is 1. The lowest BCUT2D eigenvalue weighted by Crippen LogP contribution is -2.13. The van der Waals surface area contributed by atoms with Gasteiger partial charge in [-0.3, -0.25) is 4.79 Å². The first-order valence-corrected chi connectivity index (χ1v) is 7.11. The second-order valence-corrected chi connectivity index (χ2v) is 5.43. The Morgan fingerprint density at radius 3 is 2.65 bits per heavy atom. The van der Waals surface area contributed by atoms with Crippen LogP contribution in [0.1, 0.15) is 17.5 Å². The molecule has 0 aromatic heterocycles. The van der Waals surface area contributed by atoms with E-state index in [1.165, 1.54) is 0 Å². The molecule has 1 amide bonds. The van der Waals surface area contributed by atoms with Gasteiger partial charge in [0.1, 0.15) is 0 Å². The summed E-state index contributed by atoms with van der Waals surface area (Å²) in [7, 11) is 0. The maximum Gasteiger partial charge on any atom is 0.224 e. The van der Waals surface area contributed by atoms with Crippen molar-refractivity contribution in [2.24, 2.45) is 0 Å². The van der Waals surface area contributed by atoms with Crippen molar-refractivity contribution >= 4 is 34.8 Å². The molecule has 2 nitrogen and oxygen atoms in total. The Kier molecular flexibility index (Phi) is 5.05. The minimum Gasteiger partial charge on any atom is -0.326 e. The van der Waals surface area contributed by atoms with Crippen LogP contribution in [-0.2, 0) is 11.2 Å². The van der Waals surface area contributed by atoms with Crippen molar-refractivity contribution in [3.63, 3.8) is 0 Å². The Balaban J connectivity index is 1.94. The number of aryl methyl sites for hydroxylation is 1. The van der Waals surface area contributed by atoms with E-state index >= 15 is 0 Å². The first kappa shape index (κ1) is 14.9. The molecule has 104 valence electrons. The van der Waals surface area contributed by atoms with E-state index in [1.54, 1.807) is 6.07 Å². The van der Waals surface area contributed by atoms with Crippen LogP contribution in [0.4, 0.5) is 5.69 Å². The molecule has 0 bridgehead atoms. The third-order valence-electron chi connectivity index (χ3n) is 3.07. The molecule has 0 spiro atoms. The predicted molar refractivity (Wildman–Crippen MR) is 84.6 cm³/mol. The number of nitrogens with one attached hydrogen (secondary N) is 1. The lowest BCUT2D eigenvalue weighted by Gasteiger charge is -2.09. The fourth-order valence-electron chi connectivity index (χ4n) is 1.91. The molecular weight excluding hydrogens is 293 g/mol. The standard InChI is InChI=1S/C16H15Cl2NO/c1-11-14(18)6-3-7-15(11)19-16(20)9-8-12-4-2-5-13(17)10-12/h2-7,10H,8-9H2,1H3,(H,19,20). The predicted octanol–water partition coefficient (Wildman–Crippen LogP) is 4.87. The molecule has 2 rings (SSSR count). The van der Waals surface area contributed by atoms with Crippen molar-refractivity contribution < 1.29 is 4.79 Å². The number of halogens is 2. The molecule has 0 aliphatic carbocycles. The Morgan fingerprint density at radius 1 is 1.15 bits per heavy atom. The quantitative estimate of drug-likeness (QED) is 0.857. The van der Waals surface area contributed by atoms with Gasteiger partial charge < -0.3 is 5.32 Å². The molecule has 0 aliphatic heterocycles. The van der Waals surface area contributed by atoms with Crippen molar-refractivity contribution in [2.75, 3.05) is 5.32 Å². The topological polar surface area (TPSA) is 29.1 Å². The van der Waals surface area contributed by atoms with Crippen LogP contribution in [0.5, 0.6) is 0 Å². The number of carbonyl (C=O) groups is 1. The molecule has 0 saturated heterocycles. The maximum atomic E-state index is 11.9. The van der Waals surface area contributed by atoms with Crippen molar-refractivity contribution in [1.29, 1.82) is 0 Å². The van der Waals surface area contributed by atoms with Gasteiger partial charge in [-0.15, -0.1) is 0 Å². The van der Waals surface area contributed by atoms with Crippen molar-refractivity contribution in [1.82, 2.24) is 0 Å². The smallest absolute Gasteiger partial charge is 0.224 e. The van der Waals surface area contributed by atoms with E-state index in [0.29, 0.717) is 22.9 Å². The summed E-state index contributed by atoms with van der Waals surface area (Å²) >= 11 is 11.9. The van der Waals surface area contributed by atoms with E-state index in [0.717, 1.165) is 16.8 Å². The van der Waals surface area contributed by atoms with Crippen LogP contribution < -0.4 is 5.32 Å². The van der Waals surface area contributed by atoms with Gasteiger partial charge in [0, 0.05) is 22.2 Å². The first-order chi connectivity index (χ1) is 9.56. The van der Waals surface area contributed by atoms with E-state index in [9.17, 15) is 4.79 Å². The molecule has 0 heterocycles. The van der Waals surface area contributed by atoms with Crippen molar-refractivity contribution in [2.45, 2.75) is 19.8 Å². The minimum absolute atomic E-state index is 0.0321. The fourth-order valence-corrected chi connectivity index (χ4v) is 2.29. The highest BCUT2D eigenvalue weighted by Crippen LogP contribution is 2.23. The third kappa shape index (κ3) is 3.99. The zero-order valence-electron chi connectivity index (χ0n) is 11.1. The van der Waals surface area contributed by atoms with Gasteiger partial charge >= 0.3 is 0 Å². The van der Waals surface area contributed by atoms with Gasteiger partial charge in [0.2, 0.25) is 5.91 Å². The summed E-state index contributed by atoms with van der Waals surface area (Å²) < 4.78 is 0. The highest BCUT2D eigenvalue weighted by molar-refractivity contribution is 6.31. The molecule has 2 aromatic carbocycles. The SMILES string of the molecule is Cc1c(Cl)cccc1NC(=O)CCc1cccc(Cl)c1. The molecule has 0 aliphatic rings. The molecule has 0 saturated carbocycles. The summed E-state index contributed by atoms with van der Waals surface area (Å²) in [6, 6.07) is 13.0. The molecule has 0 fully saturated rings. The second-order valence-electron chi connectivity index (χ2n) is 4.59. The minimum atomic E-state index is -0.0321. The molecule has 0 radical (unpaired) electrons. The molecular formula is C16H15Cl2NO. The van der Waals surface area contributed by atoms with Gasteiger partial charge in [0.05, 0.1) is 0 Å². The van der Waals surface area contributed by atoms with Crippen LogP contribution in [0, 0.1) is 6.92 Å². The second kappa shape index (κ2) is 6.78. The number of rotatable bonds is 4. The van der Waals surface area contributed by atoms with Crippen LogP contribution in [0.25, 0.3) is 0 Å². The van der Waals surface area contributed by atoms with Gasteiger partial charge in [-0.1, -0.05) is 41.4 Å². The van der Waals surface area contributed by atoms with Crippen molar-refractivity contribution in [3.8, 4) is 0 Å². The average Bonchev–Trinajstić information content (AvgIpc) is 2.42. The van der Waals surface area contributed by atoms with E-state index in [4.69, 9.17) is 23.2 Å². The zero-order valence-corrected chi connectivity index (χ0v) is 12.6. The summed E-state index contributed by atoms with van der Waals surface area (Å²) in [6.45, 7) is 1.88. The number of hydrogen-bond donors (Lipinski definition) is 1. The highest BCUT2D eigenvalue weighted by Gasteiger charge is 2.07. The van der Waals surface area contributed by atoms with E-state index in [1.807, 2.05) is 43.3 Å². The van der Waals surface area contributed by atoms with Crippen LogP contribution >= 0.6 is 23.2 Å². The van der Waals surface area contributed by atoms with Crippen molar-refractivity contribution in [3.05, 3.63) is 63.6 Å². The third-order valence-corrected chi connectivity index (χ3v) is 3.72.